The summed E-state index contributed by atoms with van der Waals surface area (Å²) in [6.07, 6.45) is 0. The number of rotatable bonds is 3. The van der Waals surface area contributed by atoms with Crippen LogP contribution in [0.2, 0.25) is 0 Å². The van der Waals surface area contributed by atoms with Crippen molar-refractivity contribution in [3.8, 4) is 11.4 Å². The zero-order valence-electron chi connectivity index (χ0n) is 12.1. The average Bonchev–Trinajstić information content (AvgIpc) is 2.81. The number of nitrogens with two attached hydrogens (primary N) is 2. The van der Waals surface area contributed by atoms with Gasteiger partial charge in [-0.25, -0.2) is 13.8 Å². The molecule has 0 radical (unpaired) electrons. The highest BCUT2D eigenvalue weighted by atomic mass is 19.2. The summed E-state index contributed by atoms with van der Waals surface area (Å²) < 4.78 is 28.7. The lowest BCUT2D eigenvalue weighted by atomic mass is 10.1. The van der Waals surface area contributed by atoms with Gasteiger partial charge in [-0.1, -0.05) is 12.1 Å². The molecule has 0 amide bonds. The van der Waals surface area contributed by atoms with Crippen molar-refractivity contribution in [1.29, 1.82) is 0 Å². The van der Waals surface area contributed by atoms with E-state index in [-0.39, 0.29) is 0 Å². The SMILES string of the molecule is Cc1ccc(-c2nc3cc(F)c(F)cc3n2CCN)cc1N. The molecule has 4 nitrogen and oxygen atoms in total. The number of nitrogen functional groups attached to an aromatic ring is 1. The third-order valence-electron chi connectivity index (χ3n) is 3.68. The summed E-state index contributed by atoms with van der Waals surface area (Å²) in [7, 11) is 0. The van der Waals surface area contributed by atoms with Crippen molar-refractivity contribution in [3.63, 3.8) is 0 Å². The summed E-state index contributed by atoms with van der Waals surface area (Å²) in [5, 5.41) is 0. The number of benzene rings is 2. The van der Waals surface area contributed by atoms with Crippen molar-refractivity contribution < 1.29 is 8.78 Å². The number of hydrogen-bond donors (Lipinski definition) is 2. The first-order valence-corrected chi connectivity index (χ1v) is 6.93. The van der Waals surface area contributed by atoms with Crippen LogP contribution in [0.5, 0.6) is 0 Å². The Kier molecular flexibility index (Phi) is 3.54. The van der Waals surface area contributed by atoms with E-state index >= 15 is 0 Å². The summed E-state index contributed by atoms with van der Waals surface area (Å²) in [5.41, 5.74) is 14.9. The Morgan fingerprint density at radius 3 is 2.55 bits per heavy atom. The normalized spacial score (nSPS) is 11.3. The fraction of sp³-hybridized carbons (Fsp3) is 0.188. The number of fused-ring (bicyclic) bond motifs is 1. The first-order chi connectivity index (χ1) is 10.5. The van der Waals surface area contributed by atoms with Gasteiger partial charge in [-0.2, -0.15) is 0 Å². The summed E-state index contributed by atoms with van der Waals surface area (Å²) in [5.74, 6) is -1.22. The van der Waals surface area contributed by atoms with Crippen molar-refractivity contribution in [1.82, 2.24) is 9.55 Å². The number of aromatic nitrogens is 2. The van der Waals surface area contributed by atoms with Crippen molar-refractivity contribution in [2.75, 3.05) is 12.3 Å². The fourth-order valence-electron chi connectivity index (χ4n) is 2.48. The van der Waals surface area contributed by atoms with Gasteiger partial charge in [0.1, 0.15) is 5.82 Å². The van der Waals surface area contributed by atoms with Crippen LogP contribution in [0.1, 0.15) is 5.56 Å². The maximum Gasteiger partial charge on any atom is 0.161 e. The third kappa shape index (κ3) is 2.31. The van der Waals surface area contributed by atoms with E-state index in [0.29, 0.717) is 35.6 Å². The van der Waals surface area contributed by atoms with Gasteiger partial charge in [0.05, 0.1) is 11.0 Å². The predicted molar refractivity (Wildman–Crippen MR) is 83.3 cm³/mol. The van der Waals surface area contributed by atoms with Crippen LogP contribution >= 0.6 is 0 Å². The molecular formula is C16H16F2N4. The lowest BCUT2D eigenvalue weighted by molar-refractivity contribution is 0.510. The first-order valence-electron chi connectivity index (χ1n) is 6.93. The van der Waals surface area contributed by atoms with Crippen LogP contribution in [0.3, 0.4) is 0 Å². The van der Waals surface area contributed by atoms with Gasteiger partial charge in [-0.05, 0) is 18.6 Å². The van der Waals surface area contributed by atoms with Gasteiger partial charge in [-0.3, -0.25) is 0 Å². The van der Waals surface area contributed by atoms with Crippen LogP contribution < -0.4 is 11.5 Å². The minimum Gasteiger partial charge on any atom is -0.398 e. The Hall–Kier alpha value is -2.47. The number of aryl methyl sites for hydroxylation is 1. The molecule has 0 unspecified atom stereocenters. The van der Waals surface area contributed by atoms with Gasteiger partial charge in [-0.15, -0.1) is 0 Å². The van der Waals surface area contributed by atoms with E-state index in [1.54, 1.807) is 10.6 Å². The molecular weight excluding hydrogens is 286 g/mol. The van der Waals surface area contributed by atoms with E-state index in [2.05, 4.69) is 4.98 Å². The Labute approximate surface area is 126 Å². The number of imidazole rings is 1. The Bertz CT molecular complexity index is 855. The zero-order chi connectivity index (χ0) is 15.9. The molecule has 6 heteroatoms. The quantitative estimate of drug-likeness (QED) is 0.731. The second-order valence-corrected chi connectivity index (χ2v) is 5.20. The standard InChI is InChI=1S/C16H16F2N4/c1-9-2-3-10(6-13(9)20)16-21-14-7-11(17)12(18)8-15(14)22(16)5-4-19/h2-3,6-8H,4-5,19-20H2,1H3. The van der Waals surface area contributed by atoms with Crippen LogP contribution in [0.25, 0.3) is 22.4 Å². The minimum absolute atomic E-state index is 0.360. The average molecular weight is 302 g/mol. The Morgan fingerprint density at radius 2 is 1.86 bits per heavy atom. The Morgan fingerprint density at radius 1 is 1.14 bits per heavy atom. The number of anilines is 1. The summed E-state index contributed by atoms with van der Waals surface area (Å²) in [6, 6.07) is 7.81. The van der Waals surface area contributed by atoms with Gasteiger partial charge < -0.3 is 16.0 Å². The second kappa shape index (κ2) is 5.38. The molecule has 1 aromatic heterocycles. The number of hydrogen-bond acceptors (Lipinski definition) is 3. The molecule has 4 N–H and O–H groups in total. The minimum atomic E-state index is -0.917. The van der Waals surface area contributed by atoms with Crippen molar-refractivity contribution in [2.24, 2.45) is 5.73 Å². The molecule has 22 heavy (non-hydrogen) atoms. The molecule has 1 heterocycles. The molecule has 0 saturated heterocycles. The van der Waals surface area contributed by atoms with E-state index in [1.165, 1.54) is 0 Å². The third-order valence-corrected chi connectivity index (χ3v) is 3.68. The highest BCUT2D eigenvalue weighted by Gasteiger charge is 2.15. The van der Waals surface area contributed by atoms with Crippen LogP contribution in [-0.2, 0) is 6.54 Å². The highest BCUT2D eigenvalue weighted by molar-refractivity contribution is 5.81. The molecule has 3 aromatic rings. The molecule has 0 spiro atoms. The summed E-state index contributed by atoms with van der Waals surface area (Å²) in [6.45, 7) is 2.72. The van der Waals surface area contributed by atoms with Crippen molar-refractivity contribution in [3.05, 3.63) is 47.5 Å². The lowest BCUT2D eigenvalue weighted by Gasteiger charge is -2.09. The monoisotopic (exact) mass is 302 g/mol. The van der Waals surface area contributed by atoms with E-state index < -0.39 is 11.6 Å². The van der Waals surface area contributed by atoms with E-state index in [0.717, 1.165) is 23.3 Å². The van der Waals surface area contributed by atoms with E-state index in [1.807, 2.05) is 19.1 Å². The van der Waals surface area contributed by atoms with Gasteiger partial charge in [0.25, 0.3) is 0 Å². The summed E-state index contributed by atoms with van der Waals surface area (Å²) in [4.78, 5) is 4.42. The molecule has 0 bridgehead atoms. The molecule has 0 saturated carbocycles. The van der Waals surface area contributed by atoms with Crippen LogP contribution in [0.4, 0.5) is 14.5 Å². The van der Waals surface area contributed by atoms with Gasteiger partial charge in [0, 0.05) is 36.5 Å². The van der Waals surface area contributed by atoms with Crippen LogP contribution in [0, 0.1) is 18.6 Å². The maximum absolute atomic E-state index is 13.5. The maximum atomic E-state index is 13.5. The molecule has 114 valence electrons. The lowest BCUT2D eigenvalue weighted by Crippen LogP contribution is -2.11. The van der Waals surface area contributed by atoms with Gasteiger partial charge in [0.2, 0.25) is 0 Å². The van der Waals surface area contributed by atoms with Crippen molar-refractivity contribution in [2.45, 2.75) is 13.5 Å². The first kappa shape index (κ1) is 14.5. The molecule has 0 aliphatic heterocycles. The van der Waals surface area contributed by atoms with E-state index in [4.69, 9.17) is 11.5 Å². The molecule has 0 aliphatic rings. The molecule has 0 fully saturated rings. The van der Waals surface area contributed by atoms with Gasteiger partial charge in [0.15, 0.2) is 11.6 Å². The molecule has 2 aromatic carbocycles. The number of nitrogens with zero attached hydrogens (tertiary/aromatic N) is 2. The zero-order valence-corrected chi connectivity index (χ0v) is 12.1. The van der Waals surface area contributed by atoms with Crippen LogP contribution in [-0.4, -0.2) is 16.1 Å². The summed E-state index contributed by atoms with van der Waals surface area (Å²) >= 11 is 0. The predicted octanol–water partition coefficient (Wildman–Crippen LogP) is 2.83. The highest BCUT2D eigenvalue weighted by Crippen LogP contribution is 2.28. The van der Waals surface area contributed by atoms with Gasteiger partial charge >= 0.3 is 0 Å². The largest absolute Gasteiger partial charge is 0.398 e. The molecule has 3 rings (SSSR count). The Balaban J connectivity index is 2.27. The molecule has 0 aliphatic carbocycles. The van der Waals surface area contributed by atoms with E-state index in [9.17, 15) is 8.78 Å². The topological polar surface area (TPSA) is 69.9 Å². The second-order valence-electron chi connectivity index (χ2n) is 5.20. The smallest absolute Gasteiger partial charge is 0.161 e. The fourth-order valence-corrected chi connectivity index (χ4v) is 2.48. The van der Waals surface area contributed by atoms with Crippen LogP contribution in [0.15, 0.2) is 30.3 Å². The number of halogens is 2. The van der Waals surface area contributed by atoms with Crippen molar-refractivity contribution >= 4 is 16.7 Å². The molecule has 0 atom stereocenters.